The molecule has 0 radical (unpaired) electrons. The molecule has 3 aromatic rings. The Bertz CT molecular complexity index is 1260. The van der Waals surface area contributed by atoms with Crippen LogP contribution < -0.4 is 11.1 Å². The molecule has 11 heteroatoms. The summed E-state index contributed by atoms with van der Waals surface area (Å²) in [5.74, 6) is -1.09. The summed E-state index contributed by atoms with van der Waals surface area (Å²) in [6.07, 6.45) is 4.85. The van der Waals surface area contributed by atoms with Crippen molar-refractivity contribution in [2.24, 2.45) is 5.73 Å². The largest absolute Gasteiger partial charge is 0.351 e. The van der Waals surface area contributed by atoms with Gasteiger partial charge in [0.25, 0.3) is 0 Å². The Hall–Kier alpha value is -2.76. The molecule has 2 aromatic heterocycles. The van der Waals surface area contributed by atoms with Crippen molar-refractivity contribution < 1.29 is 17.2 Å². The van der Waals surface area contributed by atoms with E-state index >= 15 is 0 Å². The van der Waals surface area contributed by atoms with Crippen molar-refractivity contribution in [2.45, 2.75) is 45.7 Å². The third-order valence-corrected chi connectivity index (χ3v) is 6.90. The minimum Gasteiger partial charge on any atom is -0.351 e. The number of pyridine rings is 1. The Kier molecular flexibility index (Phi) is 8.11. The highest BCUT2D eigenvalue weighted by Crippen LogP contribution is 2.30. The third-order valence-electron chi connectivity index (χ3n) is 5.60. The fourth-order valence-corrected chi connectivity index (χ4v) is 4.79. The van der Waals surface area contributed by atoms with E-state index in [1.807, 2.05) is 13.8 Å². The molecular weight excluding hydrogens is 462 g/mol. The first-order chi connectivity index (χ1) is 16.1. The molecule has 3 heterocycles. The number of nitrogens with zero attached hydrogens (tertiary/aromatic N) is 4. The lowest BCUT2D eigenvalue weighted by Gasteiger charge is -2.30. The van der Waals surface area contributed by atoms with Crippen LogP contribution in [-0.4, -0.2) is 53.1 Å². The lowest BCUT2D eigenvalue weighted by molar-refractivity contribution is 0.331. The molecule has 3 N–H and O–H groups in total. The first-order valence-electron chi connectivity index (χ1n) is 11.2. The van der Waals surface area contributed by atoms with E-state index in [9.17, 15) is 17.2 Å². The zero-order chi connectivity index (χ0) is 25.0. The van der Waals surface area contributed by atoms with Gasteiger partial charge in [-0.3, -0.25) is 4.98 Å². The van der Waals surface area contributed by atoms with Gasteiger partial charge in [0, 0.05) is 42.3 Å². The van der Waals surface area contributed by atoms with Crippen LogP contribution in [0.1, 0.15) is 45.2 Å². The van der Waals surface area contributed by atoms with Crippen molar-refractivity contribution in [2.75, 3.05) is 24.7 Å². The van der Waals surface area contributed by atoms with Gasteiger partial charge in [-0.1, -0.05) is 13.8 Å². The van der Waals surface area contributed by atoms with Gasteiger partial charge in [-0.05, 0) is 43.5 Å². The number of nitrogens with one attached hydrogen (secondary N) is 1. The predicted molar refractivity (Wildman–Crippen MR) is 130 cm³/mol. The molecule has 0 bridgehead atoms. The van der Waals surface area contributed by atoms with Gasteiger partial charge in [-0.15, -0.1) is 0 Å². The second kappa shape index (κ2) is 10.7. The Morgan fingerprint density at radius 1 is 1.15 bits per heavy atom. The summed E-state index contributed by atoms with van der Waals surface area (Å²) < 4.78 is 54.2. The number of fused-ring (bicyclic) bond motifs is 1. The van der Waals surface area contributed by atoms with Crippen molar-refractivity contribution in [1.29, 1.82) is 0 Å². The number of hydrogen-bond acceptors (Lipinski definition) is 7. The number of rotatable bonds is 5. The molecule has 34 heavy (non-hydrogen) atoms. The minimum absolute atomic E-state index is 0.0450. The van der Waals surface area contributed by atoms with Gasteiger partial charge in [-0.2, -0.15) is 0 Å². The molecule has 0 amide bonds. The fourth-order valence-electron chi connectivity index (χ4n) is 3.92. The van der Waals surface area contributed by atoms with Crippen LogP contribution in [0.3, 0.4) is 0 Å². The zero-order valence-electron chi connectivity index (χ0n) is 19.7. The normalized spacial score (nSPS) is 16.1. The molecule has 1 aliphatic heterocycles. The summed E-state index contributed by atoms with van der Waals surface area (Å²) in [6, 6.07) is 4.11. The molecule has 1 aliphatic rings. The molecular formula is C23H30F2N6O2S. The number of nitrogens with two attached hydrogens (primary N) is 1. The Morgan fingerprint density at radius 3 is 2.44 bits per heavy atom. The second-order valence-electron chi connectivity index (χ2n) is 8.01. The molecule has 1 saturated heterocycles. The average Bonchev–Trinajstić information content (AvgIpc) is 2.81. The average molecular weight is 493 g/mol. The van der Waals surface area contributed by atoms with Crippen LogP contribution in [0.2, 0.25) is 0 Å². The highest BCUT2D eigenvalue weighted by atomic mass is 32.2. The summed E-state index contributed by atoms with van der Waals surface area (Å²) in [7, 11) is -3.23. The number of halogens is 2. The zero-order valence-corrected chi connectivity index (χ0v) is 20.5. The van der Waals surface area contributed by atoms with Crippen molar-refractivity contribution in [3.63, 3.8) is 0 Å². The smallest absolute Gasteiger partial charge is 0.223 e. The van der Waals surface area contributed by atoms with Gasteiger partial charge >= 0.3 is 0 Å². The van der Waals surface area contributed by atoms with E-state index in [2.05, 4.69) is 20.3 Å². The molecule has 1 unspecified atom stereocenters. The topological polar surface area (TPSA) is 114 Å². The van der Waals surface area contributed by atoms with Crippen molar-refractivity contribution >= 4 is 26.9 Å². The molecule has 184 valence electrons. The Balaban J connectivity index is 0.00000158. The van der Waals surface area contributed by atoms with Crippen LogP contribution in [0.4, 0.5) is 14.7 Å². The number of aromatic nitrogens is 3. The highest BCUT2D eigenvalue weighted by Gasteiger charge is 2.25. The fraction of sp³-hybridized carbons (Fsp3) is 0.435. The SMILES string of the molecule is CC.CC(N)c1ccnc2c(F)cc(-c3nc(NC4CCN(S(C)(=O)=O)CC4)ncc3F)cc12. The van der Waals surface area contributed by atoms with Crippen LogP contribution in [-0.2, 0) is 10.0 Å². The van der Waals surface area contributed by atoms with Gasteiger partial charge in [0.05, 0.1) is 12.5 Å². The van der Waals surface area contributed by atoms with E-state index in [1.54, 1.807) is 19.1 Å². The quantitative estimate of drug-likeness (QED) is 0.556. The molecule has 8 nitrogen and oxygen atoms in total. The van der Waals surface area contributed by atoms with Crippen LogP contribution in [0, 0.1) is 11.6 Å². The third kappa shape index (κ3) is 5.65. The van der Waals surface area contributed by atoms with Crippen LogP contribution in [0.15, 0.2) is 30.6 Å². The maximum absolute atomic E-state index is 14.8. The predicted octanol–water partition coefficient (Wildman–Crippen LogP) is 3.85. The van der Waals surface area contributed by atoms with Crippen LogP contribution in [0.5, 0.6) is 0 Å². The molecule has 1 aromatic carbocycles. The van der Waals surface area contributed by atoms with Gasteiger partial charge in [0.2, 0.25) is 16.0 Å². The molecule has 0 saturated carbocycles. The Morgan fingerprint density at radius 2 is 1.82 bits per heavy atom. The molecule has 1 fully saturated rings. The monoisotopic (exact) mass is 492 g/mol. The Labute approximate surface area is 198 Å². The second-order valence-corrected chi connectivity index (χ2v) is 10.00. The van der Waals surface area contributed by atoms with Gasteiger partial charge in [0.1, 0.15) is 17.0 Å². The van der Waals surface area contributed by atoms with E-state index in [4.69, 9.17) is 5.73 Å². The highest BCUT2D eigenvalue weighted by molar-refractivity contribution is 7.88. The van der Waals surface area contributed by atoms with Gasteiger partial charge in [-0.25, -0.2) is 31.5 Å². The summed E-state index contributed by atoms with van der Waals surface area (Å²) in [4.78, 5) is 12.4. The van der Waals surface area contributed by atoms with E-state index in [0.717, 1.165) is 6.20 Å². The van der Waals surface area contributed by atoms with E-state index < -0.39 is 21.7 Å². The standard InChI is InChI=1S/C21H24F2N6O2S.C2H6/c1-12(24)15-3-6-25-20-16(15)9-13(10-17(20)22)19-18(23)11-26-21(28-19)27-14-4-7-29(8-5-14)32(2,30)31;1-2/h3,6,9-12,14H,4-5,7-8,24H2,1-2H3,(H,26,27,28);1-2H3. The first kappa shape index (κ1) is 25.9. The summed E-state index contributed by atoms with van der Waals surface area (Å²) >= 11 is 0. The van der Waals surface area contributed by atoms with E-state index in [0.29, 0.717) is 36.9 Å². The number of anilines is 1. The number of hydrogen-bond donors (Lipinski definition) is 2. The lowest BCUT2D eigenvalue weighted by atomic mass is 10.00. The summed E-state index contributed by atoms with van der Waals surface area (Å²) in [5.41, 5.74) is 7.07. The minimum atomic E-state index is -3.23. The molecule has 4 rings (SSSR count). The molecule has 1 atom stereocenters. The van der Waals surface area contributed by atoms with Gasteiger partial charge in [0.15, 0.2) is 5.82 Å². The number of benzene rings is 1. The van der Waals surface area contributed by atoms with E-state index in [1.165, 1.54) is 22.8 Å². The molecule has 0 aliphatic carbocycles. The maximum atomic E-state index is 14.8. The van der Waals surface area contributed by atoms with Gasteiger partial charge < -0.3 is 11.1 Å². The number of piperidine rings is 1. The van der Waals surface area contributed by atoms with Crippen LogP contribution in [0.25, 0.3) is 22.2 Å². The number of sulfonamides is 1. The summed E-state index contributed by atoms with van der Waals surface area (Å²) in [5, 5.41) is 3.63. The van der Waals surface area contributed by atoms with E-state index in [-0.39, 0.29) is 34.8 Å². The van der Waals surface area contributed by atoms with Crippen molar-refractivity contribution in [3.05, 3.63) is 47.8 Å². The lowest BCUT2D eigenvalue weighted by Crippen LogP contribution is -2.42. The maximum Gasteiger partial charge on any atom is 0.223 e. The van der Waals surface area contributed by atoms with Crippen LogP contribution >= 0.6 is 0 Å². The molecule has 0 spiro atoms. The summed E-state index contributed by atoms with van der Waals surface area (Å²) in [6.45, 7) is 6.54. The van der Waals surface area contributed by atoms with Crippen molar-refractivity contribution in [1.82, 2.24) is 19.3 Å². The first-order valence-corrected chi connectivity index (χ1v) is 13.1. The van der Waals surface area contributed by atoms with Crippen molar-refractivity contribution in [3.8, 4) is 11.3 Å².